The molecule has 1 fully saturated rings. The van der Waals surface area contributed by atoms with Gasteiger partial charge in [-0.25, -0.2) is 4.79 Å². The standard InChI is InChI=1S/C13H19N3O2/c1-2-18-13(17)16-8-7-12(9-16)15-11-5-3-10(14)4-6-11/h3-6,12,15H,2,7-9,14H2,1H3. The highest BCUT2D eigenvalue weighted by atomic mass is 16.6. The third kappa shape index (κ3) is 3.06. The monoisotopic (exact) mass is 249 g/mol. The Kier molecular flexibility index (Phi) is 3.92. The van der Waals surface area contributed by atoms with Gasteiger partial charge in [0.15, 0.2) is 0 Å². The number of nitrogens with one attached hydrogen (secondary N) is 1. The first-order chi connectivity index (χ1) is 8.69. The predicted molar refractivity (Wildman–Crippen MR) is 71.5 cm³/mol. The van der Waals surface area contributed by atoms with Gasteiger partial charge in [-0.1, -0.05) is 0 Å². The van der Waals surface area contributed by atoms with Crippen LogP contribution in [-0.2, 0) is 4.74 Å². The van der Waals surface area contributed by atoms with Crippen LogP contribution in [0.2, 0.25) is 0 Å². The topological polar surface area (TPSA) is 67.6 Å². The second-order valence-corrected chi connectivity index (χ2v) is 4.40. The number of ether oxygens (including phenoxy) is 1. The number of nitrogens with zero attached hydrogens (tertiary/aromatic N) is 1. The van der Waals surface area contributed by atoms with Crippen LogP contribution >= 0.6 is 0 Å². The summed E-state index contributed by atoms with van der Waals surface area (Å²) in [5.74, 6) is 0. The minimum Gasteiger partial charge on any atom is -0.450 e. The number of carbonyl (C=O) groups is 1. The summed E-state index contributed by atoms with van der Waals surface area (Å²) in [7, 11) is 0. The number of amides is 1. The lowest BCUT2D eigenvalue weighted by Crippen LogP contribution is -2.32. The van der Waals surface area contributed by atoms with Crippen molar-refractivity contribution >= 4 is 17.5 Å². The molecule has 1 aromatic carbocycles. The number of hydrogen-bond donors (Lipinski definition) is 2. The van der Waals surface area contributed by atoms with Crippen LogP contribution < -0.4 is 11.1 Å². The molecule has 18 heavy (non-hydrogen) atoms. The van der Waals surface area contributed by atoms with Gasteiger partial charge >= 0.3 is 6.09 Å². The molecule has 0 bridgehead atoms. The van der Waals surface area contributed by atoms with Gasteiger partial charge in [0.2, 0.25) is 0 Å². The molecule has 98 valence electrons. The lowest BCUT2D eigenvalue weighted by atomic mass is 10.2. The molecule has 0 radical (unpaired) electrons. The van der Waals surface area contributed by atoms with Gasteiger partial charge in [0.25, 0.3) is 0 Å². The van der Waals surface area contributed by atoms with Crippen LogP contribution in [0.15, 0.2) is 24.3 Å². The van der Waals surface area contributed by atoms with Crippen molar-refractivity contribution in [1.82, 2.24) is 4.90 Å². The summed E-state index contributed by atoms with van der Waals surface area (Å²) >= 11 is 0. The summed E-state index contributed by atoms with van der Waals surface area (Å²) in [6, 6.07) is 7.89. The van der Waals surface area contributed by atoms with Crippen LogP contribution in [-0.4, -0.2) is 36.7 Å². The first kappa shape index (κ1) is 12.5. The van der Waals surface area contributed by atoms with Crippen molar-refractivity contribution in [2.75, 3.05) is 30.7 Å². The molecule has 1 aliphatic rings. The molecule has 0 aliphatic carbocycles. The van der Waals surface area contributed by atoms with E-state index in [2.05, 4.69) is 5.32 Å². The van der Waals surface area contributed by atoms with Gasteiger partial charge in [-0.2, -0.15) is 0 Å². The van der Waals surface area contributed by atoms with Crippen LogP contribution in [0.4, 0.5) is 16.2 Å². The summed E-state index contributed by atoms with van der Waals surface area (Å²) in [5, 5.41) is 3.39. The molecular weight excluding hydrogens is 230 g/mol. The number of carbonyl (C=O) groups excluding carboxylic acids is 1. The van der Waals surface area contributed by atoms with E-state index in [9.17, 15) is 4.79 Å². The number of nitrogen functional groups attached to an aromatic ring is 1. The molecule has 0 saturated carbocycles. The van der Waals surface area contributed by atoms with Crippen LogP contribution in [0.25, 0.3) is 0 Å². The van der Waals surface area contributed by atoms with Gasteiger partial charge in [0.1, 0.15) is 0 Å². The van der Waals surface area contributed by atoms with Gasteiger partial charge in [0, 0.05) is 30.5 Å². The number of rotatable bonds is 3. The number of benzene rings is 1. The highest BCUT2D eigenvalue weighted by Gasteiger charge is 2.26. The van der Waals surface area contributed by atoms with Crippen molar-refractivity contribution in [3.05, 3.63) is 24.3 Å². The van der Waals surface area contributed by atoms with E-state index in [1.165, 1.54) is 0 Å². The first-order valence-electron chi connectivity index (χ1n) is 6.23. The Morgan fingerprint density at radius 3 is 2.89 bits per heavy atom. The summed E-state index contributed by atoms with van der Waals surface area (Å²) in [6.45, 7) is 3.66. The van der Waals surface area contributed by atoms with Gasteiger partial charge in [-0.05, 0) is 37.6 Å². The Bertz CT molecular complexity index is 405. The van der Waals surface area contributed by atoms with Gasteiger partial charge in [0.05, 0.1) is 6.61 Å². The molecule has 1 aromatic rings. The lowest BCUT2D eigenvalue weighted by Gasteiger charge is -2.17. The van der Waals surface area contributed by atoms with E-state index >= 15 is 0 Å². The number of nitrogens with two attached hydrogens (primary N) is 1. The third-order valence-corrected chi connectivity index (χ3v) is 3.00. The molecule has 1 heterocycles. The zero-order chi connectivity index (χ0) is 13.0. The van der Waals surface area contributed by atoms with E-state index in [4.69, 9.17) is 10.5 Å². The van der Waals surface area contributed by atoms with E-state index < -0.39 is 0 Å². The lowest BCUT2D eigenvalue weighted by molar-refractivity contribution is 0.115. The van der Waals surface area contributed by atoms with E-state index in [-0.39, 0.29) is 12.1 Å². The fraction of sp³-hybridized carbons (Fsp3) is 0.462. The zero-order valence-electron chi connectivity index (χ0n) is 10.6. The first-order valence-corrected chi connectivity index (χ1v) is 6.23. The van der Waals surface area contributed by atoms with Crippen molar-refractivity contribution in [2.45, 2.75) is 19.4 Å². The van der Waals surface area contributed by atoms with Gasteiger partial charge < -0.3 is 20.7 Å². The second-order valence-electron chi connectivity index (χ2n) is 4.40. The van der Waals surface area contributed by atoms with Crippen LogP contribution in [0.3, 0.4) is 0 Å². The van der Waals surface area contributed by atoms with Crippen molar-refractivity contribution in [3.63, 3.8) is 0 Å². The molecule has 0 spiro atoms. The molecule has 1 saturated heterocycles. The van der Waals surface area contributed by atoms with Crippen LogP contribution in [0.5, 0.6) is 0 Å². The van der Waals surface area contributed by atoms with Crippen LogP contribution in [0, 0.1) is 0 Å². The Labute approximate surface area is 107 Å². The Morgan fingerprint density at radius 2 is 2.22 bits per heavy atom. The average Bonchev–Trinajstić information content (AvgIpc) is 2.81. The number of anilines is 2. The zero-order valence-corrected chi connectivity index (χ0v) is 10.6. The smallest absolute Gasteiger partial charge is 0.409 e. The minimum absolute atomic E-state index is 0.223. The van der Waals surface area contributed by atoms with Crippen molar-refractivity contribution in [2.24, 2.45) is 0 Å². The Morgan fingerprint density at radius 1 is 1.50 bits per heavy atom. The maximum absolute atomic E-state index is 11.5. The predicted octanol–water partition coefficient (Wildman–Crippen LogP) is 1.91. The third-order valence-electron chi connectivity index (χ3n) is 3.00. The van der Waals surface area contributed by atoms with E-state index in [0.717, 1.165) is 24.3 Å². The Hall–Kier alpha value is -1.91. The normalized spacial score (nSPS) is 18.7. The maximum Gasteiger partial charge on any atom is 0.409 e. The van der Waals surface area contributed by atoms with Crippen molar-refractivity contribution in [3.8, 4) is 0 Å². The minimum atomic E-state index is -0.223. The maximum atomic E-state index is 11.5. The molecule has 0 aromatic heterocycles. The summed E-state index contributed by atoms with van der Waals surface area (Å²) in [5.41, 5.74) is 7.41. The summed E-state index contributed by atoms with van der Waals surface area (Å²) in [4.78, 5) is 13.3. The average molecular weight is 249 g/mol. The quantitative estimate of drug-likeness (QED) is 0.803. The highest BCUT2D eigenvalue weighted by Crippen LogP contribution is 2.17. The van der Waals surface area contributed by atoms with Gasteiger partial charge in [-0.15, -0.1) is 0 Å². The van der Waals surface area contributed by atoms with Crippen molar-refractivity contribution < 1.29 is 9.53 Å². The summed E-state index contributed by atoms with van der Waals surface area (Å²) < 4.78 is 4.98. The molecule has 5 nitrogen and oxygen atoms in total. The molecule has 3 N–H and O–H groups in total. The molecule has 1 unspecified atom stereocenters. The summed E-state index contributed by atoms with van der Waals surface area (Å²) in [6.07, 6.45) is 0.711. The fourth-order valence-corrected chi connectivity index (χ4v) is 2.07. The number of hydrogen-bond acceptors (Lipinski definition) is 4. The Balaban J connectivity index is 1.86. The van der Waals surface area contributed by atoms with Crippen LogP contribution in [0.1, 0.15) is 13.3 Å². The largest absolute Gasteiger partial charge is 0.450 e. The van der Waals surface area contributed by atoms with E-state index in [1.54, 1.807) is 4.90 Å². The molecule has 2 rings (SSSR count). The molecule has 1 atom stereocenters. The SMILES string of the molecule is CCOC(=O)N1CCC(Nc2ccc(N)cc2)C1. The molecule has 1 aliphatic heterocycles. The molecule has 1 amide bonds. The van der Waals surface area contributed by atoms with E-state index in [1.807, 2.05) is 31.2 Å². The van der Waals surface area contributed by atoms with Gasteiger partial charge in [-0.3, -0.25) is 0 Å². The highest BCUT2D eigenvalue weighted by molar-refractivity contribution is 5.68. The number of likely N-dealkylation sites (tertiary alicyclic amines) is 1. The van der Waals surface area contributed by atoms with E-state index in [0.29, 0.717) is 13.2 Å². The molecule has 5 heteroatoms. The van der Waals surface area contributed by atoms with Crippen molar-refractivity contribution in [1.29, 1.82) is 0 Å². The second kappa shape index (κ2) is 5.62. The fourth-order valence-electron chi connectivity index (χ4n) is 2.07. The molecular formula is C13H19N3O2.